The molecule has 1 aromatic heterocycles. The molecule has 1 saturated carbocycles. The number of carbonyl (C=O) groups excluding carboxylic acids is 1. The molecule has 29 heavy (non-hydrogen) atoms. The van der Waals surface area contributed by atoms with Crippen molar-refractivity contribution in [2.45, 2.75) is 50.6 Å². The molecular weight excluding hydrogens is 393 g/mol. The van der Waals surface area contributed by atoms with Crippen LogP contribution in [-0.2, 0) is 4.79 Å². The molecule has 2 heterocycles. The molecule has 4 rings (SSSR count). The van der Waals surface area contributed by atoms with Gasteiger partial charge in [-0.3, -0.25) is 4.79 Å². The first-order chi connectivity index (χ1) is 13.9. The van der Waals surface area contributed by atoms with Crippen LogP contribution in [0, 0.1) is 11.8 Å². The maximum atomic E-state index is 15.2. The first-order valence-corrected chi connectivity index (χ1v) is 10.4. The van der Waals surface area contributed by atoms with E-state index < -0.39 is 0 Å². The van der Waals surface area contributed by atoms with E-state index in [4.69, 9.17) is 17.3 Å². The van der Waals surface area contributed by atoms with Gasteiger partial charge in [0.05, 0.1) is 6.04 Å². The van der Waals surface area contributed by atoms with Crippen molar-refractivity contribution in [3.8, 4) is 0 Å². The maximum Gasteiger partial charge on any atom is 0.220 e. The minimum Gasteiger partial charge on any atom is -0.369 e. The maximum absolute atomic E-state index is 15.2. The largest absolute Gasteiger partial charge is 0.369 e. The number of allylic oxidation sites excluding steroid dienone is 2. The summed E-state index contributed by atoms with van der Waals surface area (Å²) in [6.07, 6.45) is 5.23. The summed E-state index contributed by atoms with van der Waals surface area (Å²) in [6.45, 7) is 4.16. The Morgan fingerprint density at radius 2 is 2.07 bits per heavy atom. The summed E-state index contributed by atoms with van der Waals surface area (Å²) < 4.78 is 15.2. The summed E-state index contributed by atoms with van der Waals surface area (Å²) in [5.74, 6) is -0.801. The summed E-state index contributed by atoms with van der Waals surface area (Å²) in [4.78, 5) is 13.8. The Kier molecular flexibility index (Phi) is 5.34. The number of amides is 1. The van der Waals surface area contributed by atoms with E-state index in [1.54, 1.807) is 0 Å². The highest BCUT2D eigenvalue weighted by Gasteiger charge is 2.42. The number of alkyl halides is 1. The topological polar surface area (TPSA) is 87.9 Å². The van der Waals surface area contributed by atoms with Crippen molar-refractivity contribution in [3.05, 3.63) is 41.9 Å². The lowest BCUT2D eigenvalue weighted by atomic mass is 9.73. The zero-order chi connectivity index (χ0) is 20.7. The Labute approximate surface area is 174 Å². The van der Waals surface area contributed by atoms with Crippen molar-refractivity contribution in [1.29, 1.82) is 0 Å². The molecule has 1 aliphatic carbocycles. The number of halogens is 2. The summed E-state index contributed by atoms with van der Waals surface area (Å²) in [5, 5.41) is 10.6. The summed E-state index contributed by atoms with van der Waals surface area (Å²) in [7, 11) is 0. The van der Waals surface area contributed by atoms with Crippen molar-refractivity contribution in [2.24, 2.45) is 17.6 Å². The van der Waals surface area contributed by atoms with Crippen molar-refractivity contribution < 1.29 is 9.18 Å². The lowest BCUT2D eigenvalue weighted by Gasteiger charge is -2.46. The number of fused-ring (bicyclic) bond motifs is 1. The molecule has 8 heteroatoms. The Hall–Kier alpha value is -2.41. The average molecular weight is 418 g/mol. The van der Waals surface area contributed by atoms with E-state index in [9.17, 15) is 4.79 Å². The number of benzene rings is 1. The minimum absolute atomic E-state index is 0.00614. The molecule has 6 nitrogen and oxygen atoms in total. The van der Waals surface area contributed by atoms with Crippen LogP contribution in [-0.4, -0.2) is 43.7 Å². The number of nitrogens with zero attached hydrogens (tertiary/aromatic N) is 3. The smallest absolute Gasteiger partial charge is 0.220 e. The molecule has 2 aliphatic rings. The number of aromatic amines is 1. The third-order valence-electron chi connectivity index (χ3n) is 6.12. The van der Waals surface area contributed by atoms with Gasteiger partial charge in [-0.2, -0.15) is 15.4 Å². The van der Waals surface area contributed by atoms with Crippen LogP contribution in [0.4, 0.5) is 4.39 Å². The third-order valence-corrected chi connectivity index (χ3v) is 6.62. The molecular formula is C21H25ClFN5O. The predicted molar refractivity (Wildman–Crippen MR) is 111 cm³/mol. The van der Waals surface area contributed by atoms with E-state index >= 15 is 4.39 Å². The zero-order valence-electron chi connectivity index (χ0n) is 16.5. The molecule has 1 fully saturated rings. The average Bonchev–Trinajstić information content (AvgIpc) is 3.15. The fourth-order valence-corrected chi connectivity index (χ4v) is 5.10. The number of H-pyrrole nitrogens is 1. The highest BCUT2D eigenvalue weighted by molar-refractivity contribution is 6.21. The quantitative estimate of drug-likeness (QED) is 0.741. The lowest BCUT2D eigenvalue weighted by Crippen LogP contribution is -2.48. The number of nitrogens with two attached hydrogens (primary N) is 1. The molecule has 2 aromatic rings. The number of rotatable bonds is 4. The van der Waals surface area contributed by atoms with Gasteiger partial charge in [-0.25, -0.2) is 4.39 Å². The number of hydrogen-bond donors (Lipinski definition) is 2. The molecule has 3 N–H and O–H groups in total. The SMILES string of the molecule is CC(C)N1C=CC(F)=C(c2ccc3n[nH]nc3c2)C1C1CCC(C(N)=O)CC1Cl. The first-order valence-electron chi connectivity index (χ1n) is 9.96. The van der Waals surface area contributed by atoms with Crippen molar-refractivity contribution in [2.75, 3.05) is 0 Å². The summed E-state index contributed by atoms with van der Waals surface area (Å²) in [5.41, 5.74) is 8.31. The van der Waals surface area contributed by atoms with E-state index in [2.05, 4.69) is 34.2 Å². The van der Waals surface area contributed by atoms with Crippen LogP contribution in [0.5, 0.6) is 0 Å². The highest BCUT2D eigenvalue weighted by atomic mass is 35.5. The molecule has 154 valence electrons. The number of aromatic nitrogens is 3. The Morgan fingerprint density at radius 1 is 1.31 bits per heavy atom. The molecule has 1 aromatic carbocycles. The molecule has 4 unspecified atom stereocenters. The molecule has 4 atom stereocenters. The normalized spacial score (nSPS) is 27.8. The van der Waals surface area contributed by atoms with Gasteiger partial charge in [-0.1, -0.05) is 6.07 Å². The standard InChI is InChI=1S/C21H25ClFN5O/c1-11(2)28-8-7-16(23)19(12-4-6-17-18(10-12)26-27-25-17)20(28)14-5-3-13(21(24)29)9-15(14)22/h4,6-8,10-11,13-15,20H,3,5,9H2,1-2H3,(H2,24,29)(H,25,26,27). The summed E-state index contributed by atoms with van der Waals surface area (Å²) >= 11 is 6.77. The minimum atomic E-state index is -0.309. The van der Waals surface area contributed by atoms with Gasteiger partial charge in [-0.15, -0.1) is 11.6 Å². The van der Waals surface area contributed by atoms with E-state index in [0.717, 1.165) is 11.1 Å². The molecule has 0 saturated heterocycles. The molecule has 0 radical (unpaired) electrons. The monoisotopic (exact) mass is 417 g/mol. The second-order valence-electron chi connectivity index (χ2n) is 8.18. The van der Waals surface area contributed by atoms with Crippen LogP contribution in [0.15, 0.2) is 36.3 Å². The number of carbonyl (C=O) groups is 1. The predicted octanol–water partition coefficient (Wildman–Crippen LogP) is 3.75. The number of primary amides is 1. The Morgan fingerprint density at radius 3 is 2.76 bits per heavy atom. The molecule has 1 aliphatic heterocycles. The molecule has 1 amide bonds. The van der Waals surface area contributed by atoms with Crippen LogP contribution in [0.2, 0.25) is 0 Å². The van der Waals surface area contributed by atoms with E-state index in [1.165, 1.54) is 6.08 Å². The zero-order valence-corrected chi connectivity index (χ0v) is 17.2. The third kappa shape index (κ3) is 3.64. The van der Waals surface area contributed by atoms with Crippen molar-refractivity contribution >= 4 is 34.1 Å². The summed E-state index contributed by atoms with van der Waals surface area (Å²) in [6, 6.07) is 5.50. The van der Waals surface area contributed by atoms with E-state index in [0.29, 0.717) is 30.4 Å². The number of hydrogen-bond acceptors (Lipinski definition) is 4. The Bertz CT molecular complexity index is 984. The van der Waals surface area contributed by atoms with Gasteiger partial charge in [0.2, 0.25) is 5.91 Å². The van der Waals surface area contributed by atoms with Gasteiger partial charge in [0.15, 0.2) is 0 Å². The first kappa shape index (κ1) is 19.9. The van der Waals surface area contributed by atoms with Gasteiger partial charge in [0, 0.05) is 29.1 Å². The number of nitrogens with one attached hydrogen (secondary N) is 1. The van der Waals surface area contributed by atoms with Crippen LogP contribution in [0.1, 0.15) is 38.7 Å². The van der Waals surface area contributed by atoms with E-state index in [1.807, 2.05) is 24.4 Å². The second kappa shape index (κ2) is 7.78. The fourth-order valence-electron chi connectivity index (χ4n) is 4.62. The molecule has 0 bridgehead atoms. The van der Waals surface area contributed by atoms with Crippen LogP contribution < -0.4 is 5.73 Å². The highest BCUT2D eigenvalue weighted by Crippen LogP contribution is 2.44. The lowest BCUT2D eigenvalue weighted by molar-refractivity contribution is -0.123. The van der Waals surface area contributed by atoms with Crippen molar-refractivity contribution in [3.63, 3.8) is 0 Å². The fraction of sp³-hybridized carbons (Fsp3) is 0.476. The van der Waals surface area contributed by atoms with Crippen LogP contribution in [0.3, 0.4) is 0 Å². The van der Waals surface area contributed by atoms with Gasteiger partial charge in [0.1, 0.15) is 16.9 Å². The van der Waals surface area contributed by atoms with Crippen LogP contribution in [0.25, 0.3) is 16.6 Å². The van der Waals surface area contributed by atoms with E-state index in [-0.39, 0.29) is 41.0 Å². The second-order valence-corrected chi connectivity index (χ2v) is 8.74. The van der Waals surface area contributed by atoms with Gasteiger partial charge >= 0.3 is 0 Å². The van der Waals surface area contributed by atoms with Gasteiger partial charge in [-0.05, 0) is 62.8 Å². The Balaban J connectivity index is 1.76. The van der Waals surface area contributed by atoms with Crippen molar-refractivity contribution in [1.82, 2.24) is 20.3 Å². The van der Waals surface area contributed by atoms with Crippen LogP contribution >= 0.6 is 11.6 Å². The van der Waals surface area contributed by atoms with Gasteiger partial charge in [0.25, 0.3) is 0 Å². The van der Waals surface area contributed by atoms with Gasteiger partial charge < -0.3 is 10.6 Å². The molecule has 0 spiro atoms.